The fraction of sp³-hybridized carbons (Fsp3) is 0.300. The molecule has 4 N–H and O–H groups in total. The summed E-state index contributed by atoms with van der Waals surface area (Å²) in [7, 11) is 0. The lowest BCUT2D eigenvalue weighted by Crippen LogP contribution is -2.01. The maximum absolute atomic E-state index is 5.79. The first kappa shape index (κ1) is 17.9. The van der Waals surface area contributed by atoms with Gasteiger partial charge in [-0.25, -0.2) is 4.98 Å². The van der Waals surface area contributed by atoms with Crippen molar-refractivity contribution < 1.29 is 4.52 Å². The summed E-state index contributed by atoms with van der Waals surface area (Å²) in [6.07, 6.45) is 1.51. The molecule has 2 rings (SSSR count). The third-order valence-electron chi connectivity index (χ3n) is 2.13. The smallest absolute Gasteiger partial charge is 0.258 e. The number of hydrogen-bond acceptors (Lipinski definition) is 6. The van der Waals surface area contributed by atoms with E-state index in [1.165, 1.54) is 0 Å². The van der Waals surface area contributed by atoms with Crippen LogP contribution >= 0.6 is 36.4 Å². The van der Waals surface area contributed by atoms with Gasteiger partial charge < -0.3 is 16.0 Å². The zero-order valence-electron chi connectivity index (χ0n) is 9.88. The number of halogens is 3. The van der Waals surface area contributed by atoms with Crippen molar-refractivity contribution in [2.24, 2.45) is 5.73 Å². The molecular weight excluding hydrogens is 313 g/mol. The van der Waals surface area contributed by atoms with Gasteiger partial charge in [0.05, 0.1) is 0 Å². The SMILES string of the molecule is Cl.Cl.NCCCc1noc(-c2cc(N)nc(Cl)c2)n1. The molecule has 0 spiro atoms. The van der Waals surface area contributed by atoms with Crippen molar-refractivity contribution in [3.05, 3.63) is 23.1 Å². The fourth-order valence-electron chi connectivity index (χ4n) is 1.37. The number of pyridine rings is 1. The van der Waals surface area contributed by atoms with E-state index in [0.717, 1.165) is 6.42 Å². The lowest BCUT2D eigenvalue weighted by atomic mass is 10.2. The Hall–Kier alpha value is -1.08. The number of rotatable bonds is 4. The van der Waals surface area contributed by atoms with Crippen LogP contribution < -0.4 is 11.5 Å². The standard InChI is InChI=1S/C10H12ClN5O.2ClH/c11-7-4-6(5-8(13)14-7)10-15-9(16-17-10)2-1-3-12;;/h4-5H,1-3,12H2,(H2,13,14);2*1H. The topological polar surface area (TPSA) is 104 Å². The van der Waals surface area contributed by atoms with Gasteiger partial charge in [0.15, 0.2) is 5.82 Å². The Bertz CT molecular complexity index is 499. The highest BCUT2D eigenvalue weighted by Crippen LogP contribution is 2.22. The molecule has 0 aromatic carbocycles. The van der Waals surface area contributed by atoms with Crippen LogP contribution in [0, 0.1) is 0 Å². The van der Waals surface area contributed by atoms with Crippen molar-refractivity contribution in [1.82, 2.24) is 15.1 Å². The Morgan fingerprint density at radius 1 is 1.21 bits per heavy atom. The van der Waals surface area contributed by atoms with Crippen molar-refractivity contribution in [3.63, 3.8) is 0 Å². The second-order valence-electron chi connectivity index (χ2n) is 3.51. The van der Waals surface area contributed by atoms with Crippen LogP contribution in [0.3, 0.4) is 0 Å². The Labute approximate surface area is 127 Å². The van der Waals surface area contributed by atoms with Gasteiger partial charge in [0, 0.05) is 12.0 Å². The molecule has 0 fully saturated rings. The van der Waals surface area contributed by atoms with E-state index in [9.17, 15) is 0 Å². The van der Waals surface area contributed by atoms with Crippen LogP contribution in [0.5, 0.6) is 0 Å². The third kappa shape index (κ3) is 4.83. The van der Waals surface area contributed by atoms with Crippen LogP contribution in [0.4, 0.5) is 5.82 Å². The Morgan fingerprint density at radius 2 is 1.95 bits per heavy atom. The first-order valence-corrected chi connectivity index (χ1v) is 5.53. The highest BCUT2D eigenvalue weighted by atomic mass is 35.5. The lowest BCUT2D eigenvalue weighted by molar-refractivity contribution is 0.422. The monoisotopic (exact) mass is 325 g/mol. The van der Waals surface area contributed by atoms with Crippen LogP contribution in [0.2, 0.25) is 5.15 Å². The predicted octanol–water partition coefficient (Wildman–Crippen LogP) is 2.10. The summed E-state index contributed by atoms with van der Waals surface area (Å²) in [5.74, 6) is 1.32. The maximum Gasteiger partial charge on any atom is 0.258 e. The van der Waals surface area contributed by atoms with Crippen molar-refractivity contribution in [1.29, 1.82) is 0 Å². The fourth-order valence-corrected chi connectivity index (χ4v) is 1.59. The summed E-state index contributed by atoms with van der Waals surface area (Å²) >= 11 is 5.79. The predicted molar refractivity (Wildman–Crippen MR) is 78.8 cm³/mol. The van der Waals surface area contributed by atoms with Crippen molar-refractivity contribution >= 4 is 42.2 Å². The Balaban J connectivity index is 0.00000162. The molecule has 0 saturated heterocycles. The van der Waals surface area contributed by atoms with Gasteiger partial charge in [-0.1, -0.05) is 16.8 Å². The van der Waals surface area contributed by atoms with Crippen LogP contribution in [-0.4, -0.2) is 21.7 Å². The molecule has 0 saturated carbocycles. The average Bonchev–Trinajstić information content (AvgIpc) is 2.73. The molecule has 2 heterocycles. The Morgan fingerprint density at radius 3 is 2.58 bits per heavy atom. The van der Waals surface area contributed by atoms with Gasteiger partial charge in [-0.05, 0) is 25.1 Å². The van der Waals surface area contributed by atoms with E-state index in [1.807, 2.05) is 0 Å². The minimum Gasteiger partial charge on any atom is -0.384 e. The number of aromatic nitrogens is 3. The summed E-state index contributed by atoms with van der Waals surface area (Å²) in [5.41, 5.74) is 11.6. The van der Waals surface area contributed by atoms with Gasteiger partial charge in [0.25, 0.3) is 5.89 Å². The highest BCUT2D eigenvalue weighted by molar-refractivity contribution is 6.29. The van der Waals surface area contributed by atoms with Crippen LogP contribution in [0.1, 0.15) is 12.2 Å². The summed E-state index contributed by atoms with van der Waals surface area (Å²) in [6.45, 7) is 0.595. The van der Waals surface area contributed by atoms with Crippen LogP contribution in [-0.2, 0) is 6.42 Å². The normalized spacial score (nSPS) is 9.58. The van der Waals surface area contributed by atoms with E-state index in [4.69, 9.17) is 27.6 Å². The molecule has 9 heteroatoms. The first-order chi connectivity index (χ1) is 8.19. The summed E-state index contributed by atoms with van der Waals surface area (Å²) < 4.78 is 5.11. The van der Waals surface area contributed by atoms with Gasteiger partial charge in [-0.3, -0.25) is 0 Å². The Kier molecular flexibility index (Phi) is 7.70. The molecule has 0 aliphatic heterocycles. The van der Waals surface area contributed by atoms with Gasteiger partial charge in [-0.2, -0.15) is 4.98 Å². The largest absolute Gasteiger partial charge is 0.384 e. The van der Waals surface area contributed by atoms with E-state index < -0.39 is 0 Å². The van der Waals surface area contributed by atoms with Gasteiger partial charge in [0.1, 0.15) is 11.0 Å². The molecule has 0 radical (unpaired) electrons. The second-order valence-corrected chi connectivity index (χ2v) is 3.90. The summed E-state index contributed by atoms with van der Waals surface area (Å²) in [4.78, 5) is 8.08. The first-order valence-electron chi connectivity index (χ1n) is 5.15. The van der Waals surface area contributed by atoms with E-state index in [-0.39, 0.29) is 24.8 Å². The zero-order chi connectivity index (χ0) is 12.3. The van der Waals surface area contributed by atoms with E-state index in [0.29, 0.717) is 41.2 Å². The van der Waals surface area contributed by atoms with Gasteiger partial charge in [0.2, 0.25) is 0 Å². The molecular formula is C10H14Cl3N5O. The van der Waals surface area contributed by atoms with Crippen molar-refractivity contribution in [3.8, 4) is 11.5 Å². The molecule has 0 amide bonds. The van der Waals surface area contributed by atoms with Crippen molar-refractivity contribution in [2.45, 2.75) is 12.8 Å². The molecule has 0 bridgehead atoms. The van der Waals surface area contributed by atoms with E-state index >= 15 is 0 Å². The van der Waals surface area contributed by atoms with Gasteiger partial charge in [-0.15, -0.1) is 24.8 Å². The minimum atomic E-state index is 0. The number of hydrogen-bond donors (Lipinski definition) is 2. The number of anilines is 1. The maximum atomic E-state index is 5.79. The number of nitrogens with zero attached hydrogens (tertiary/aromatic N) is 3. The highest BCUT2D eigenvalue weighted by Gasteiger charge is 2.10. The molecule has 0 aliphatic rings. The molecule has 2 aromatic heterocycles. The minimum absolute atomic E-state index is 0. The quantitative estimate of drug-likeness (QED) is 0.834. The summed E-state index contributed by atoms with van der Waals surface area (Å²) in [5, 5.41) is 4.14. The molecule has 0 aliphatic carbocycles. The molecule has 0 unspecified atom stereocenters. The van der Waals surface area contributed by atoms with Crippen molar-refractivity contribution in [2.75, 3.05) is 12.3 Å². The lowest BCUT2D eigenvalue weighted by Gasteiger charge is -1.97. The summed E-state index contributed by atoms with van der Waals surface area (Å²) in [6, 6.07) is 3.25. The molecule has 19 heavy (non-hydrogen) atoms. The average molecular weight is 327 g/mol. The molecule has 6 nitrogen and oxygen atoms in total. The molecule has 2 aromatic rings. The van der Waals surface area contributed by atoms with E-state index in [2.05, 4.69) is 15.1 Å². The molecule has 0 atom stereocenters. The number of nitrogens with two attached hydrogens (primary N) is 2. The second kappa shape index (κ2) is 8.16. The number of nitrogen functional groups attached to an aromatic ring is 1. The van der Waals surface area contributed by atoms with Crippen LogP contribution in [0.25, 0.3) is 11.5 Å². The number of aryl methyl sites for hydroxylation is 1. The van der Waals surface area contributed by atoms with Gasteiger partial charge >= 0.3 is 0 Å². The van der Waals surface area contributed by atoms with E-state index in [1.54, 1.807) is 12.1 Å². The zero-order valence-corrected chi connectivity index (χ0v) is 12.3. The molecule has 106 valence electrons. The third-order valence-corrected chi connectivity index (χ3v) is 2.33. The van der Waals surface area contributed by atoms with Crippen LogP contribution in [0.15, 0.2) is 16.7 Å².